The van der Waals surface area contributed by atoms with Gasteiger partial charge < -0.3 is 10.6 Å². The second-order valence-corrected chi connectivity index (χ2v) is 14.0. The zero-order chi connectivity index (χ0) is 37.1. The van der Waals surface area contributed by atoms with Crippen molar-refractivity contribution < 1.29 is 9.59 Å². The monoisotopic (exact) mass is 706 g/mol. The number of nitrogens with one attached hydrogen (secondary N) is 2. The molecule has 4 heteroatoms. The quantitative estimate of drug-likeness (QED) is 0.0984. The summed E-state index contributed by atoms with van der Waals surface area (Å²) in [6.45, 7) is 0. The Bertz CT molecular complexity index is 1800. The van der Waals surface area contributed by atoms with Crippen molar-refractivity contribution in [3.63, 3.8) is 0 Å². The van der Waals surface area contributed by atoms with Crippen LogP contribution in [0.1, 0.15) is 59.1 Å². The van der Waals surface area contributed by atoms with E-state index >= 15 is 0 Å². The summed E-state index contributed by atoms with van der Waals surface area (Å²) in [6, 6.07) is 61.5. The molecule has 0 radical (unpaired) electrons. The number of allylic oxidation sites excluding steroid dienone is 2. The number of carbonyl (C=O) groups is 2. The molecule has 1 fully saturated rings. The standard InChI is InChI=1S/C50H46N2O2/c53-47(35-37-49(39-21-7-1-8-22-39,40-23-9-2-10-24-40)41-25-11-3-12-26-41)51-45-33-19-20-34-46(45)52-48(54)36-38-50(42-27-13-4-14-28-42,43-29-15-5-16-30-43)44-31-17-6-18-32-44/h1-18,21-32,35-38,45-46H,19-20,33-34H2,(H,51,53)(H,52,54)/b37-35+,38-36+/t45-,46-/m1/s1. The highest BCUT2D eigenvalue weighted by Crippen LogP contribution is 2.42. The second kappa shape index (κ2) is 17.0. The molecule has 268 valence electrons. The lowest BCUT2D eigenvalue weighted by Gasteiger charge is -2.34. The number of benzene rings is 6. The molecule has 1 aliphatic carbocycles. The predicted octanol–water partition coefficient (Wildman–Crippen LogP) is 9.71. The molecule has 6 aromatic carbocycles. The largest absolute Gasteiger partial charge is 0.348 e. The van der Waals surface area contributed by atoms with Gasteiger partial charge >= 0.3 is 0 Å². The summed E-state index contributed by atoms with van der Waals surface area (Å²) in [6.07, 6.45) is 10.9. The second-order valence-electron chi connectivity index (χ2n) is 14.0. The summed E-state index contributed by atoms with van der Waals surface area (Å²) >= 11 is 0. The van der Waals surface area contributed by atoms with Crippen molar-refractivity contribution in [2.24, 2.45) is 0 Å². The van der Waals surface area contributed by atoms with E-state index in [1.807, 2.05) is 121 Å². The molecule has 6 aromatic rings. The van der Waals surface area contributed by atoms with E-state index in [2.05, 4.69) is 83.4 Å². The van der Waals surface area contributed by atoms with Crippen molar-refractivity contribution in [2.75, 3.05) is 0 Å². The number of hydrogen-bond donors (Lipinski definition) is 2. The van der Waals surface area contributed by atoms with Crippen molar-refractivity contribution in [2.45, 2.75) is 48.6 Å². The van der Waals surface area contributed by atoms with E-state index in [-0.39, 0.29) is 23.9 Å². The lowest BCUT2D eigenvalue weighted by molar-refractivity contribution is -0.120. The van der Waals surface area contributed by atoms with E-state index < -0.39 is 10.8 Å². The molecule has 0 unspecified atom stereocenters. The average molecular weight is 707 g/mol. The zero-order valence-corrected chi connectivity index (χ0v) is 30.4. The van der Waals surface area contributed by atoms with Gasteiger partial charge in [-0.1, -0.05) is 207 Å². The maximum atomic E-state index is 13.9. The van der Waals surface area contributed by atoms with Crippen LogP contribution >= 0.6 is 0 Å². The summed E-state index contributed by atoms with van der Waals surface area (Å²) in [5.41, 5.74) is 5.04. The van der Waals surface area contributed by atoms with Crippen LogP contribution in [0, 0.1) is 0 Å². The summed E-state index contributed by atoms with van der Waals surface area (Å²) in [7, 11) is 0. The lowest BCUT2D eigenvalue weighted by atomic mass is 9.69. The number of hydrogen-bond acceptors (Lipinski definition) is 2. The number of rotatable bonds is 12. The molecule has 0 heterocycles. The van der Waals surface area contributed by atoms with Crippen LogP contribution in [0.3, 0.4) is 0 Å². The van der Waals surface area contributed by atoms with Crippen molar-refractivity contribution in [3.05, 3.63) is 240 Å². The topological polar surface area (TPSA) is 58.2 Å². The summed E-state index contributed by atoms with van der Waals surface area (Å²) < 4.78 is 0. The van der Waals surface area contributed by atoms with E-state index in [1.165, 1.54) is 0 Å². The van der Waals surface area contributed by atoms with E-state index in [4.69, 9.17) is 0 Å². The Morgan fingerprint density at radius 2 is 0.611 bits per heavy atom. The molecule has 54 heavy (non-hydrogen) atoms. The Labute approximate surface area is 319 Å². The van der Waals surface area contributed by atoms with Crippen molar-refractivity contribution in [1.29, 1.82) is 0 Å². The molecule has 0 aromatic heterocycles. The van der Waals surface area contributed by atoms with E-state index in [0.717, 1.165) is 59.1 Å². The summed E-state index contributed by atoms with van der Waals surface area (Å²) in [5.74, 6) is -0.361. The van der Waals surface area contributed by atoms with Gasteiger partial charge in [-0.05, 0) is 46.2 Å². The first kappa shape index (κ1) is 36.1. The molecular weight excluding hydrogens is 661 g/mol. The van der Waals surface area contributed by atoms with Crippen molar-refractivity contribution in [1.82, 2.24) is 10.6 Å². The van der Waals surface area contributed by atoms with Crippen LogP contribution in [-0.2, 0) is 20.4 Å². The third kappa shape index (κ3) is 7.74. The molecule has 2 N–H and O–H groups in total. The van der Waals surface area contributed by atoms with Crippen molar-refractivity contribution >= 4 is 11.8 Å². The third-order valence-electron chi connectivity index (χ3n) is 10.8. The number of carbonyl (C=O) groups excluding carboxylic acids is 2. The highest BCUT2D eigenvalue weighted by atomic mass is 16.2. The van der Waals surface area contributed by atoms with Crippen LogP contribution in [0.2, 0.25) is 0 Å². The number of amides is 2. The van der Waals surface area contributed by atoms with Gasteiger partial charge in [-0.25, -0.2) is 0 Å². The van der Waals surface area contributed by atoms with E-state index in [1.54, 1.807) is 12.2 Å². The fourth-order valence-electron chi connectivity index (χ4n) is 8.12. The van der Waals surface area contributed by atoms with Crippen LogP contribution in [0.25, 0.3) is 0 Å². The highest BCUT2D eigenvalue weighted by molar-refractivity contribution is 5.90. The summed E-state index contributed by atoms with van der Waals surface area (Å²) in [5, 5.41) is 6.57. The van der Waals surface area contributed by atoms with Crippen LogP contribution in [-0.4, -0.2) is 23.9 Å². The minimum Gasteiger partial charge on any atom is -0.348 e. The third-order valence-corrected chi connectivity index (χ3v) is 10.8. The Hall–Kier alpha value is -6.26. The minimum absolute atomic E-state index is 0.180. The molecule has 1 saturated carbocycles. The van der Waals surface area contributed by atoms with Gasteiger partial charge in [-0.2, -0.15) is 0 Å². The lowest BCUT2D eigenvalue weighted by Crippen LogP contribution is -2.52. The van der Waals surface area contributed by atoms with Gasteiger partial charge in [0.15, 0.2) is 0 Å². The Morgan fingerprint density at radius 3 is 0.833 bits per heavy atom. The average Bonchev–Trinajstić information content (AvgIpc) is 3.24. The molecule has 4 nitrogen and oxygen atoms in total. The summed E-state index contributed by atoms with van der Waals surface area (Å²) in [4.78, 5) is 27.8. The Kier molecular flexibility index (Phi) is 11.4. The van der Waals surface area contributed by atoms with Crippen LogP contribution in [0.5, 0.6) is 0 Å². The van der Waals surface area contributed by atoms with Gasteiger partial charge in [0.1, 0.15) is 0 Å². The van der Waals surface area contributed by atoms with Crippen molar-refractivity contribution in [3.8, 4) is 0 Å². The highest BCUT2D eigenvalue weighted by Gasteiger charge is 2.36. The van der Waals surface area contributed by atoms with Crippen LogP contribution < -0.4 is 10.6 Å². The fourth-order valence-corrected chi connectivity index (χ4v) is 8.12. The molecular formula is C50H46N2O2. The van der Waals surface area contributed by atoms with Crippen LogP contribution in [0.15, 0.2) is 206 Å². The first-order chi connectivity index (χ1) is 26.6. The first-order valence-corrected chi connectivity index (χ1v) is 18.9. The SMILES string of the molecule is O=C(/C=C/C(c1ccccc1)(c1ccccc1)c1ccccc1)N[C@@H]1CCCC[C@H]1NC(=O)/C=C/C(c1ccccc1)(c1ccccc1)c1ccccc1. The Morgan fingerprint density at radius 1 is 0.389 bits per heavy atom. The van der Waals surface area contributed by atoms with E-state index in [9.17, 15) is 9.59 Å². The fraction of sp³-hybridized carbons (Fsp3) is 0.160. The molecule has 0 bridgehead atoms. The maximum absolute atomic E-state index is 13.9. The van der Waals surface area contributed by atoms with Gasteiger partial charge in [-0.3, -0.25) is 9.59 Å². The molecule has 0 saturated heterocycles. The first-order valence-electron chi connectivity index (χ1n) is 18.9. The molecule has 2 amide bonds. The molecule has 1 aliphatic rings. The van der Waals surface area contributed by atoms with Gasteiger partial charge in [0.05, 0.1) is 10.8 Å². The van der Waals surface area contributed by atoms with Gasteiger partial charge in [0, 0.05) is 24.2 Å². The molecule has 0 aliphatic heterocycles. The minimum atomic E-state index is -0.686. The normalized spacial score (nSPS) is 16.2. The molecule has 7 rings (SSSR count). The van der Waals surface area contributed by atoms with E-state index in [0.29, 0.717) is 0 Å². The molecule has 0 spiro atoms. The van der Waals surface area contributed by atoms with Gasteiger partial charge in [0.25, 0.3) is 0 Å². The van der Waals surface area contributed by atoms with Crippen LogP contribution in [0.4, 0.5) is 0 Å². The zero-order valence-electron chi connectivity index (χ0n) is 30.4. The smallest absolute Gasteiger partial charge is 0.244 e. The molecule has 2 atom stereocenters. The predicted molar refractivity (Wildman–Crippen MR) is 219 cm³/mol. The van der Waals surface area contributed by atoms with Gasteiger partial charge in [0.2, 0.25) is 11.8 Å². The van der Waals surface area contributed by atoms with Gasteiger partial charge in [-0.15, -0.1) is 0 Å². The maximum Gasteiger partial charge on any atom is 0.244 e. The Balaban J connectivity index is 1.15.